The fraction of sp³-hybridized carbons (Fsp3) is 0.600. The number of nitrogens with zero attached hydrogens (tertiary/aromatic N) is 1. The zero-order valence-electron chi connectivity index (χ0n) is 9.91. The molecule has 0 aliphatic rings. The van der Waals surface area contributed by atoms with Gasteiger partial charge in [0.05, 0.1) is 4.34 Å². The summed E-state index contributed by atoms with van der Waals surface area (Å²) in [7, 11) is -3.48. The van der Waals surface area contributed by atoms with Crippen molar-refractivity contribution in [2.75, 3.05) is 12.4 Å². The number of hydrogen-bond acceptors (Lipinski definition) is 3. The smallest absolute Gasteiger partial charge is 0.206 e. The SMILES string of the molecule is Cc1cc(S(=O)(=O)N(CCCl)C(C)C)sc1Cl. The number of thiophene rings is 1. The molecule has 0 N–H and O–H groups in total. The van der Waals surface area contributed by atoms with Gasteiger partial charge in [-0.3, -0.25) is 0 Å². The van der Waals surface area contributed by atoms with Gasteiger partial charge in [0.1, 0.15) is 4.21 Å². The Morgan fingerprint density at radius 3 is 2.41 bits per heavy atom. The van der Waals surface area contributed by atoms with E-state index in [9.17, 15) is 8.42 Å². The summed E-state index contributed by atoms with van der Waals surface area (Å²) in [6.45, 7) is 5.74. The zero-order chi connectivity index (χ0) is 13.2. The number of rotatable bonds is 5. The van der Waals surface area contributed by atoms with Crippen molar-refractivity contribution in [2.24, 2.45) is 0 Å². The molecule has 98 valence electrons. The standard InChI is InChI=1S/C10H15Cl2NO2S2/c1-7(2)13(5-4-11)17(14,15)9-6-8(3)10(12)16-9/h6-7H,4-5H2,1-3H3. The average Bonchev–Trinajstić information content (AvgIpc) is 2.55. The van der Waals surface area contributed by atoms with Crippen LogP contribution in [0.1, 0.15) is 19.4 Å². The van der Waals surface area contributed by atoms with Gasteiger partial charge < -0.3 is 0 Å². The summed E-state index contributed by atoms with van der Waals surface area (Å²) in [6.07, 6.45) is 0. The minimum Gasteiger partial charge on any atom is -0.206 e. The van der Waals surface area contributed by atoms with E-state index in [4.69, 9.17) is 23.2 Å². The van der Waals surface area contributed by atoms with Crippen LogP contribution in [0.25, 0.3) is 0 Å². The summed E-state index contributed by atoms with van der Waals surface area (Å²) in [5, 5.41) is 0. The van der Waals surface area contributed by atoms with E-state index >= 15 is 0 Å². The van der Waals surface area contributed by atoms with Crippen molar-refractivity contribution in [1.82, 2.24) is 4.31 Å². The van der Waals surface area contributed by atoms with Crippen molar-refractivity contribution >= 4 is 44.6 Å². The van der Waals surface area contributed by atoms with Crippen LogP contribution in [-0.2, 0) is 10.0 Å². The third-order valence-electron chi connectivity index (χ3n) is 2.28. The van der Waals surface area contributed by atoms with E-state index in [-0.39, 0.29) is 16.1 Å². The molecule has 0 aromatic carbocycles. The summed E-state index contributed by atoms with van der Waals surface area (Å²) in [4.78, 5) is 0. The van der Waals surface area contributed by atoms with Gasteiger partial charge in [0.2, 0.25) is 0 Å². The molecular formula is C10H15Cl2NO2S2. The number of alkyl halides is 1. The molecule has 1 rings (SSSR count). The topological polar surface area (TPSA) is 37.4 Å². The van der Waals surface area contributed by atoms with E-state index in [0.717, 1.165) is 16.9 Å². The predicted molar refractivity (Wildman–Crippen MR) is 73.8 cm³/mol. The highest BCUT2D eigenvalue weighted by atomic mass is 35.5. The van der Waals surface area contributed by atoms with E-state index < -0.39 is 10.0 Å². The van der Waals surface area contributed by atoms with Crippen LogP contribution in [0.15, 0.2) is 10.3 Å². The molecule has 1 aromatic rings. The Hall–Kier alpha value is 0.190. The lowest BCUT2D eigenvalue weighted by Crippen LogP contribution is -2.37. The van der Waals surface area contributed by atoms with Crippen LogP contribution in [0.5, 0.6) is 0 Å². The normalized spacial score (nSPS) is 12.6. The Kier molecular flexibility index (Phi) is 5.28. The molecule has 0 fully saturated rings. The summed E-state index contributed by atoms with van der Waals surface area (Å²) in [5.74, 6) is 0.273. The highest BCUT2D eigenvalue weighted by Crippen LogP contribution is 2.32. The molecule has 0 radical (unpaired) electrons. The number of halogens is 2. The predicted octanol–water partition coefficient (Wildman–Crippen LogP) is 3.35. The van der Waals surface area contributed by atoms with Crippen molar-refractivity contribution in [3.63, 3.8) is 0 Å². The van der Waals surface area contributed by atoms with E-state index in [2.05, 4.69) is 0 Å². The number of hydrogen-bond donors (Lipinski definition) is 0. The highest BCUT2D eigenvalue weighted by molar-refractivity contribution is 7.91. The molecule has 0 bridgehead atoms. The Labute approximate surface area is 116 Å². The van der Waals surface area contributed by atoms with Crippen LogP contribution >= 0.6 is 34.5 Å². The van der Waals surface area contributed by atoms with Crippen molar-refractivity contribution < 1.29 is 8.42 Å². The molecule has 0 spiro atoms. The van der Waals surface area contributed by atoms with Gasteiger partial charge in [0, 0.05) is 18.5 Å². The molecule has 0 aliphatic heterocycles. The van der Waals surface area contributed by atoms with Crippen molar-refractivity contribution in [1.29, 1.82) is 0 Å². The maximum atomic E-state index is 12.3. The van der Waals surface area contributed by atoms with Gasteiger partial charge in [-0.1, -0.05) is 11.6 Å². The van der Waals surface area contributed by atoms with E-state index in [0.29, 0.717) is 10.9 Å². The second-order valence-corrected chi connectivity index (χ2v) is 8.07. The fourth-order valence-electron chi connectivity index (χ4n) is 1.41. The van der Waals surface area contributed by atoms with Crippen molar-refractivity contribution in [3.8, 4) is 0 Å². The van der Waals surface area contributed by atoms with Gasteiger partial charge in [-0.2, -0.15) is 4.31 Å². The summed E-state index contributed by atoms with van der Waals surface area (Å²) in [6, 6.07) is 1.48. The van der Waals surface area contributed by atoms with E-state index in [1.54, 1.807) is 13.0 Å². The molecule has 7 heteroatoms. The first-order valence-electron chi connectivity index (χ1n) is 5.14. The summed E-state index contributed by atoms with van der Waals surface area (Å²) < 4.78 is 26.9. The van der Waals surface area contributed by atoms with Gasteiger partial charge in [-0.05, 0) is 32.4 Å². The maximum absolute atomic E-state index is 12.3. The maximum Gasteiger partial charge on any atom is 0.252 e. The van der Waals surface area contributed by atoms with Crippen LogP contribution in [0.3, 0.4) is 0 Å². The zero-order valence-corrected chi connectivity index (χ0v) is 13.0. The molecule has 0 saturated carbocycles. The van der Waals surface area contributed by atoms with Gasteiger partial charge >= 0.3 is 0 Å². The largest absolute Gasteiger partial charge is 0.252 e. The first-order valence-corrected chi connectivity index (χ1v) is 8.31. The molecule has 0 amide bonds. The highest BCUT2D eigenvalue weighted by Gasteiger charge is 2.28. The molecule has 3 nitrogen and oxygen atoms in total. The average molecular weight is 316 g/mol. The van der Waals surface area contributed by atoms with Crippen molar-refractivity contribution in [3.05, 3.63) is 16.0 Å². The van der Waals surface area contributed by atoms with Crippen LogP contribution in [0.2, 0.25) is 4.34 Å². The minimum atomic E-state index is -3.48. The molecule has 17 heavy (non-hydrogen) atoms. The Balaban J connectivity index is 3.16. The summed E-state index contributed by atoms with van der Waals surface area (Å²) in [5.41, 5.74) is 0.782. The Bertz CT molecular complexity index is 463. The lowest BCUT2D eigenvalue weighted by molar-refractivity contribution is 0.371. The summed E-state index contributed by atoms with van der Waals surface area (Å²) >= 11 is 12.6. The van der Waals surface area contributed by atoms with Crippen molar-refractivity contribution in [2.45, 2.75) is 31.0 Å². The van der Waals surface area contributed by atoms with Gasteiger partial charge in [-0.25, -0.2) is 8.42 Å². The van der Waals surface area contributed by atoms with Crippen LogP contribution < -0.4 is 0 Å². The van der Waals surface area contributed by atoms with Gasteiger partial charge in [-0.15, -0.1) is 22.9 Å². The minimum absolute atomic E-state index is 0.125. The molecular weight excluding hydrogens is 301 g/mol. The third kappa shape index (κ3) is 3.35. The molecule has 0 unspecified atom stereocenters. The second-order valence-electron chi connectivity index (χ2n) is 3.92. The number of aryl methyl sites for hydroxylation is 1. The molecule has 1 aromatic heterocycles. The molecule has 0 saturated heterocycles. The van der Waals surface area contributed by atoms with Crippen LogP contribution in [-0.4, -0.2) is 31.2 Å². The quantitative estimate of drug-likeness (QED) is 0.781. The van der Waals surface area contributed by atoms with E-state index in [1.807, 2.05) is 13.8 Å². The number of sulfonamides is 1. The van der Waals surface area contributed by atoms with Gasteiger partial charge in [0.25, 0.3) is 10.0 Å². The van der Waals surface area contributed by atoms with Gasteiger partial charge in [0.15, 0.2) is 0 Å². The molecule has 0 atom stereocenters. The fourth-order valence-corrected chi connectivity index (χ4v) is 5.17. The monoisotopic (exact) mass is 315 g/mol. The Morgan fingerprint density at radius 1 is 1.47 bits per heavy atom. The molecule has 0 aliphatic carbocycles. The van der Waals surface area contributed by atoms with E-state index in [1.165, 1.54) is 4.31 Å². The second kappa shape index (κ2) is 5.89. The first-order chi connectivity index (χ1) is 7.80. The van der Waals surface area contributed by atoms with Crippen LogP contribution in [0.4, 0.5) is 0 Å². The Morgan fingerprint density at radius 2 is 2.06 bits per heavy atom. The van der Waals surface area contributed by atoms with Crippen LogP contribution in [0, 0.1) is 6.92 Å². The lowest BCUT2D eigenvalue weighted by Gasteiger charge is -2.24. The first kappa shape index (κ1) is 15.2. The third-order valence-corrected chi connectivity index (χ3v) is 6.53. The lowest BCUT2D eigenvalue weighted by atomic mass is 10.4. The molecule has 1 heterocycles.